The van der Waals surface area contributed by atoms with Gasteiger partial charge in [-0.15, -0.1) is 0 Å². The first-order valence-electron chi connectivity index (χ1n) is 5.84. The number of azo groups is 1. The molecule has 0 aliphatic rings. The summed E-state index contributed by atoms with van der Waals surface area (Å²) in [6.07, 6.45) is 0.928. The Labute approximate surface area is 102 Å². The molecule has 2 aromatic carbocycles. The van der Waals surface area contributed by atoms with Crippen LogP contribution in [0.2, 0.25) is 0 Å². The third-order valence-electron chi connectivity index (χ3n) is 2.50. The highest BCUT2D eigenvalue weighted by Crippen LogP contribution is 2.12. The van der Waals surface area contributed by atoms with Crippen molar-refractivity contribution in [2.45, 2.75) is 19.4 Å². The summed E-state index contributed by atoms with van der Waals surface area (Å²) in [6, 6.07) is 20.4. The maximum atomic E-state index is 4.31. The van der Waals surface area contributed by atoms with Crippen LogP contribution in [0, 0.1) is 0 Å². The van der Waals surface area contributed by atoms with E-state index in [0.717, 1.165) is 12.1 Å². The summed E-state index contributed by atoms with van der Waals surface area (Å²) in [7, 11) is 0. The van der Waals surface area contributed by atoms with Gasteiger partial charge in [0.1, 0.15) is 0 Å². The average molecular weight is 224 g/mol. The summed E-state index contributed by atoms with van der Waals surface area (Å²) >= 11 is 0. The predicted molar refractivity (Wildman–Crippen MR) is 70.6 cm³/mol. The van der Waals surface area contributed by atoms with Gasteiger partial charge in [0.25, 0.3) is 0 Å². The van der Waals surface area contributed by atoms with Crippen LogP contribution in [0.25, 0.3) is 0 Å². The van der Waals surface area contributed by atoms with Crippen molar-refractivity contribution in [1.29, 1.82) is 0 Å². The fourth-order valence-corrected chi connectivity index (χ4v) is 1.66. The Bertz CT molecular complexity index is 463. The Balaban J connectivity index is 1.94. The lowest BCUT2D eigenvalue weighted by atomic mass is 10.1. The first-order valence-corrected chi connectivity index (χ1v) is 5.84. The molecule has 0 fully saturated rings. The van der Waals surface area contributed by atoms with Gasteiger partial charge in [0.15, 0.2) is 0 Å². The van der Waals surface area contributed by atoms with Gasteiger partial charge in [0.05, 0.1) is 11.7 Å². The van der Waals surface area contributed by atoms with Crippen LogP contribution >= 0.6 is 0 Å². The molecule has 0 bridgehead atoms. The van der Waals surface area contributed by atoms with Crippen LogP contribution < -0.4 is 0 Å². The van der Waals surface area contributed by atoms with Crippen LogP contribution in [-0.2, 0) is 6.42 Å². The maximum absolute atomic E-state index is 4.31. The monoisotopic (exact) mass is 224 g/mol. The summed E-state index contributed by atoms with van der Waals surface area (Å²) in [5.41, 5.74) is 2.21. The Morgan fingerprint density at radius 2 is 1.47 bits per heavy atom. The van der Waals surface area contributed by atoms with Gasteiger partial charge < -0.3 is 0 Å². The number of rotatable bonds is 4. The number of hydrogen-bond donors (Lipinski definition) is 0. The van der Waals surface area contributed by atoms with Crippen molar-refractivity contribution < 1.29 is 0 Å². The molecule has 0 amide bonds. The van der Waals surface area contributed by atoms with E-state index < -0.39 is 0 Å². The van der Waals surface area contributed by atoms with Crippen LogP contribution in [0.4, 0.5) is 5.69 Å². The molecule has 1 atom stereocenters. The van der Waals surface area contributed by atoms with E-state index in [1.807, 2.05) is 36.4 Å². The molecule has 0 spiro atoms. The molecular formula is C15H16N2. The first kappa shape index (κ1) is 11.5. The Kier molecular flexibility index (Phi) is 4.03. The smallest absolute Gasteiger partial charge is 0.0852 e. The van der Waals surface area contributed by atoms with Gasteiger partial charge in [-0.25, -0.2) is 0 Å². The molecule has 0 heterocycles. The van der Waals surface area contributed by atoms with Crippen LogP contribution in [0.5, 0.6) is 0 Å². The van der Waals surface area contributed by atoms with E-state index in [1.165, 1.54) is 5.56 Å². The molecule has 17 heavy (non-hydrogen) atoms. The lowest BCUT2D eigenvalue weighted by Gasteiger charge is -2.04. The minimum Gasteiger partial charge on any atom is -0.185 e. The maximum Gasteiger partial charge on any atom is 0.0852 e. The molecular weight excluding hydrogens is 208 g/mol. The molecule has 0 saturated heterocycles. The van der Waals surface area contributed by atoms with Crippen LogP contribution in [0.1, 0.15) is 12.5 Å². The fourth-order valence-electron chi connectivity index (χ4n) is 1.66. The van der Waals surface area contributed by atoms with Crippen molar-refractivity contribution in [3.05, 3.63) is 66.2 Å². The van der Waals surface area contributed by atoms with Gasteiger partial charge in [-0.2, -0.15) is 10.2 Å². The largest absolute Gasteiger partial charge is 0.185 e. The highest BCUT2D eigenvalue weighted by atomic mass is 15.1. The third-order valence-corrected chi connectivity index (χ3v) is 2.50. The quantitative estimate of drug-likeness (QED) is 0.688. The highest BCUT2D eigenvalue weighted by molar-refractivity contribution is 5.34. The van der Waals surface area contributed by atoms with Crippen molar-refractivity contribution in [2.24, 2.45) is 10.2 Å². The standard InChI is InChI=1S/C15H16N2/c1-13(12-14-8-4-2-5-9-14)16-17-15-10-6-3-7-11-15/h2-11,13H,12H2,1H3. The number of benzene rings is 2. The second kappa shape index (κ2) is 5.94. The normalized spacial score (nSPS) is 12.8. The first-order chi connectivity index (χ1) is 8.34. The van der Waals surface area contributed by atoms with Gasteiger partial charge in [0, 0.05) is 0 Å². The molecule has 0 aliphatic carbocycles. The molecule has 2 aromatic rings. The summed E-state index contributed by atoms with van der Waals surface area (Å²) in [4.78, 5) is 0. The van der Waals surface area contributed by atoms with Gasteiger partial charge in [-0.1, -0.05) is 48.5 Å². The zero-order valence-electron chi connectivity index (χ0n) is 9.95. The molecule has 0 aliphatic heterocycles. The predicted octanol–water partition coefficient (Wildman–Crippen LogP) is 4.40. The van der Waals surface area contributed by atoms with Gasteiger partial charge in [0.2, 0.25) is 0 Å². The van der Waals surface area contributed by atoms with Gasteiger partial charge in [-0.3, -0.25) is 0 Å². The van der Waals surface area contributed by atoms with Crippen LogP contribution in [-0.4, -0.2) is 6.04 Å². The fraction of sp³-hybridized carbons (Fsp3) is 0.200. The molecule has 0 radical (unpaired) electrons. The Morgan fingerprint density at radius 3 is 2.12 bits per heavy atom. The van der Waals surface area contributed by atoms with Crippen LogP contribution in [0.15, 0.2) is 70.9 Å². The Hall–Kier alpha value is -1.96. The number of hydrogen-bond acceptors (Lipinski definition) is 2. The van der Waals surface area contributed by atoms with E-state index in [-0.39, 0.29) is 6.04 Å². The molecule has 2 heteroatoms. The van der Waals surface area contributed by atoms with Crippen molar-refractivity contribution in [1.82, 2.24) is 0 Å². The SMILES string of the molecule is CC(Cc1ccccc1)N=Nc1ccccc1. The molecule has 2 rings (SSSR count). The zero-order valence-corrected chi connectivity index (χ0v) is 9.95. The summed E-state index contributed by atoms with van der Waals surface area (Å²) in [6.45, 7) is 2.08. The van der Waals surface area contributed by atoms with Crippen molar-refractivity contribution in [3.63, 3.8) is 0 Å². The zero-order chi connectivity index (χ0) is 11.9. The average Bonchev–Trinajstić information content (AvgIpc) is 2.39. The molecule has 1 unspecified atom stereocenters. The van der Waals surface area contributed by atoms with Crippen molar-refractivity contribution in [3.8, 4) is 0 Å². The molecule has 0 N–H and O–H groups in total. The Morgan fingerprint density at radius 1 is 0.882 bits per heavy atom. The van der Waals surface area contributed by atoms with E-state index in [9.17, 15) is 0 Å². The summed E-state index contributed by atoms with van der Waals surface area (Å²) in [5, 5.41) is 8.54. The van der Waals surface area contributed by atoms with E-state index in [1.54, 1.807) is 0 Å². The molecule has 86 valence electrons. The molecule has 0 aromatic heterocycles. The van der Waals surface area contributed by atoms with Crippen molar-refractivity contribution >= 4 is 5.69 Å². The third kappa shape index (κ3) is 3.83. The van der Waals surface area contributed by atoms with E-state index >= 15 is 0 Å². The van der Waals surface area contributed by atoms with E-state index in [2.05, 4.69) is 41.4 Å². The topological polar surface area (TPSA) is 24.7 Å². The minimum absolute atomic E-state index is 0.206. The van der Waals surface area contributed by atoms with Gasteiger partial charge in [-0.05, 0) is 31.0 Å². The summed E-state index contributed by atoms with van der Waals surface area (Å²) in [5.74, 6) is 0. The van der Waals surface area contributed by atoms with E-state index in [0.29, 0.717) is 0 Å². The van der Waals surface area contributed by atoms with Crippen molar-refractivity contribution in [2.75, 3.05) is 0 Å². The molecule has 2 nitrogen and oxygen atoms in total. The lowest BCUT2D eigenvalue weighted by Crippen LogP contribution is -2.01. The van der Waals surface area contributed by atoms with Gasteiger partial charge >= 0.3 is 0 Å². The molecule has 0 saturated carbocycles. The lowest BCUT2D eigenvalue weighted by molar-refractivity contribution is 0.700. The highest BCUT2D eigenvalue weighted by Gasteiger charge is 2.00. The van der Waals surface area contributed by atoms with E-state index in [4.69, 9.17) is 0 Å². The second-order valence-corrected chi connectivity index (χ2v) is 4.09. The summed E-state index contributed by atoms with van der Waals surface area (Å²) < 4.78 is 0. The minimum atomic E-state index is 0.206. The van der Waals surface area contributed by atoms with Crippen LogP contribution in [0.3, 0.4) is 0 Å². The second-order valence-electron chi connectivity index (χ2n) is 4.09. The number of nitrogens with zero attached hydrogens (tertiary/aromatic N) is 2.